The third-order valence-electron chi connectivity index (χ3n) is 3.07. The van der Waals surface area contributed by atoms with Crippen LogP contribution < -0.4 is 4.90 Å². The Labute approximate surface area is 94.0 Å². The Morgan fingerprint density at radius 1 is 1.27 bits per heavy atom. The molecule has 15 heavy (non-hydrogen) atoms. The first-order chi connectivity index (χ1) is 7.31. The molecule has 0 saturated carbocycles. The molecule has 3 nitrogen and oxygen atoms in total. The molecule has 0 aromatic carbocycles. The highest BCUT2D eigenvalue weighted by molar-refractivity contribution is 6.29. The molecule has 0 radical (unpaired) electrons. The summed E-state index contributed by atoms with van der Waals surface area (Å²) in [6.07, 6.45) is 3.15. The summed E-state index contributed by atoms with van der Waals surface area (Å²) in [7, 11) is 0. The van der Waals surface area contributed by atoms with E-state index in [2.05, 4.69) is 9.88 Å². The molecule has 4 heteroatoms. The lowest BCUT2D eigenvalue weighted by Crippen LogP contribution is -2.43. The van der Waals surface area contributed by atoms with Gasteiger partial charge in [-0.05, 0) is 25.0 Å². The molecule has 3 rings (SSSR count). The third kappa shape index (κ3) is 1.82. The second-order valence-corrected chi connectivity index (χ2v) is 4.57. The predicted molar refractivity (Wildman–Crippen MR) is 59.4 cm³/mol. The van der Waals surface area contributed by atoms with E-state index >= 15 is 0 Å². The van der Waals surface area contributed by atoms with Crippen LogP contribution in [0.25, 0.3) is 0 Å². The number of morpholine rings is 1. The summed E-state index contributed by atoms with van der Waals surface area (Å²) < 4.78 is 5.78. The quantitative estimate of drug-likeness (QED) is 0.684. The van der Waals surface area contributed by atoms with Crippen LogP contribution in [-0.2, 0) is 4.74 Å². The highest BCUT2D eigenvalue weighted by atomic mass is 35.5. The molecule has 2 aliphatic rings. The molecule has 0 aliphatic carbocycles. The Kier molecular flexibility index (Phi) is 2.29. The molecule has 0 amide bonds. The van der Waals surface area contributed by atoms with Crippen LogP contribution >= 0.6 is 11.6 Å². The van der Waals surface area contributed by atoms with Gasteiger partial charge in [0, 0.05) is 13.1 Å². The zero-order chi connectivity index (χ0) is 10.3. The van der Waals surface area contributed by atoms with Crippen molar-refractivity contribution in [2.75, 3.05) is 18.0 Å². The van der Waals surface area contributed by atoms with Gasteiger partial charge < -0.3 is 9.64 Å². The van der Waals surface area contributed by atoms with Crippen LogP contribution in [0.5, 0.6) is 0 Å². The highest BCUT2D eigenvalue weighted by Crippen LogP contribution is 2.29. The minimum absolute atomic E-state index is 0.393. The average molecular weight is 225 g/mol. The zero-order valence-corrected chi connectivity index (χ0v) is 9.15. The highest BCUT2D eigenvalue weighted by Gasteiger charge is 2.34. The van der Waals surface area contributed by atoms with Crippen LogP contribution in [0.3, 0.4) is 0 Å². The molecule has 2 atom stereocenters. The van der Waals surface area contributed by atoms with Crippen LogP contribution in [0, 0.1) is 0 Å². The fourth-order valence-electron chi connectivity index (χ4n) is 2.38. The maximum Gasteiger partial charge on any atom is 0.131 e. The number of nitrogens with zero attached hydrogens (tertiary/aromatic N) is 2. The van der Waals surface area contributed by atoms with E-state index in [9.17, 15) is 0 Å². The van der Waals surface area contributed by atoms with Gasteiger partial charge in [0.1, 0.15) is 11.0 Å². The number of aromatic nitrogens is 1. The van der Waals surface area contributed by atoms with Gasteiger partial charge in [-0.3, -0.25) is 0 Å². The topological polar surface area (TPSA) is 25.4 Å². The lowest BCUT2D eigenvalue weighted by Gasteiger charge is -2.32. The summed E-state index contributed by atoms with van der Waals surface area (Å²) in [5.41, 5.74) is 0. The molecule has 0 N–H and O–H groups in total. The molecule has 2 aliphatic heterocycles. The van der Waals surface area contributed by atoms with Crippen molar-refractivity contribution in [1.29, 1.82) is 0 Å². The van der Waals surface area contributed by atoms with E-state index in [4.69, 9.17) is 16.3 Å². The number of hydrogen-bond donors (Lipinski definition) is 0. The Bertz CT molecular complexity index is 359. The van der Waals surface area contributed by atoms with Crippen molar-refractivity contribution in [3.05, 3.63) is 23.4 Å². The number of ether oxygens (including phenoxy) is 1. The number of halogens is 1. The minimum atomic E-state index is 0.393. The van der Waals surface area contributed by atoms with Gasteiger partial charge in [0.05, 0.1) is 12.2 Å². The molecular formula is C11H13ClN2O. The molecule has 2 fully saturated rings. The predicted octanol–water partition coefficient (Wildman–Crippen LogP) is 2.10. The van der Waals surface area contributed by atoms with Gasteiger partial charge in [0.15, 0.2) is 0 Å². The van der Waals surface area contributed by atoms with E-state index in [0.717, 1.165) is 18.9 Å². The Morgan fingerprint density at radius 3 is 2.67 bits per heavy atom. The van der Waals surface area contributed by atoms with E-state index in [1.807, 2.05) is 12.1 Å². The molecule has 2 bridgehead atoms. The zero-order valence-electron chi connectivity index (χ0n) is 8.40. The Hall–Kier alpha value is -0.800. The number of rotatable bonds is 1. The van der Waals surface area contributed by atoms with Gasteiger partial charge in [0.25, 0.3) is 0 Å². The fraction of sp³-hybridized carbons (Fsp3) is 0.545. The summed E-state index contributed by atoms with van der Waals surface area (Å²) in [5, 5.41) is 0.561. The van der Waals surface area contributed by atoms with Crippen LogP contribution in [-0.4, -0.2) is 30.3 Å². The first-order valence-electron chi connectivity index (χ1n) is 5.34. The van der Waals surface area contributed by atoms with Gasteiger partial charge >= 0.3 is 0 Å². The average Bonchev–Trinajstić information content (AvgIpc) is 2.58. The summed E-state index contributed by atoms with van der Waals surface area (Å²) in [5.74, 6) is 0.975. The van der Waals surface area contributed by atoms with Crippen LogP contribution in [0.15, 0.2) is 18.2 Å². The number of anilines is 1. The maximum atomic E-state index is 5.88. The lowest BCUT2D eigenvalue weighted by atomic mass is 10.2. The number of hydrogen-bond acceptors (Lipinski definition) is 3. The molecule has 1 aromatic rings. The fourth-order valence-corrected chi connectivity index (χ4v) is 2.53. The van der Waals surface area contributed by atoms with Crippen molar-refractivity contribution >= 4 is 17.4 Å². The second kappa shape index (κ2) is 3.65. The van der Waals surface area contributed by atoms with Gasteiger partial charge in [-0.2, -0.15) is 0 Å². The van der Waals surface area contributed by atoms with Crippen LogP contribution in [0.2, 0.25) is 5.15 Å². The third-order valence-corrected chi connectivity index (χ3v) is 3.28. The van der Waals surface area contributed by atoms with Crippen molar-refractivity contribution in [1.82, 2.24) is 4.98 Å². The maximum absolute atomic E-state index is 5.88. The summed E-state index contributed by atoms with van der Waals surface area (Å²) >= 11 is 5.88. The van der Waals surface area contributed by atoms with Crippen molar-refractivity contribution in [3.63, 3.8) is 0 Å². The van der Waals surface area contributed by atoms with Gasteiger partial charge in [-0.15, -0.1) is 0 Å². The van der Waals surface area contributed by atoms with E-state index in [0.29, 0.717) is 17.4 Å². The number of pyridine rings is 1. The summed E-state index contributed by atoms with van der Waals surface area (Å²) in [4.78, 5) is 6.60. The van der Waals surface area contributed by atoms with Crippen LogP contribution in [0.4, 0.5) is 5.82 Å². The van der Waals surface area contributed by atoms with Gasteiger partial charge in [-0.25, -0.2) is 4.98 Å². The van der Waals surface area contributed by atoms with Gasteiger partial charge in [-0.1, -0.05) is 17.7 Å². The second-order valence-electron chi connectivity index (χ2n) is 4.18. The minimum Gasteiger partial charge on any atom is -0.371 e. The SMILES string of the molecule is Clc1cccc(N2CC3CCC(C2)O3)n1. The van der Waals surface area contributed by atoms with Crippen LogP contribution in [0.1, 0.15) is 12.8 Å². The summed E-state index contributed by atoms with van der Waals surface area (Å²) in [6.45, 7) is 1.90. The molecule has 2 unspecified atom stereocenters. The van der Waals surface area contributed by atoms with E-state index in [1.54, 1.807) is 6.07 Å². The van der Waals surface area contributed by atoms with Crippen molar-refractivity contribution in [2.45, 2.75) is 25.0 Å². The van der Waals surface area contributed by atoms with E-state index in [1.165, 1.54) is 12.8 Å². The lowest BCUT2D eigenvalue weighted by molar-refractivity contribution is 0.0302. The molecule has 0 spiro atoms. The smallest absolute Gasteiger partial charge is 0.131 e. The van der Waals surface area contributed by atoms with Crippen molar-refractivity contribution < 1.29 is 4.74 Å². The molecule has 2 saturated heterocycles. The standard InChI is InChI=1S/C11H13ClN2O/c12-10-2-1-3-11(13-10)14-6-8-4-5-9(7-14)15-8/h1-3,8-9H,4-7H2. The Balaban J connectivity index is 1.83. The Morgan fingerprint density at radius 2 is 2.00 bits per heavy atom. The summed E-state index contributed by atoms with van der Waals surface area (Å²) in [6, 6.07) is 5.76. The molecule has 80 valence electrons. The van der Waals surface area contributed by atoms with Gasteiger partial charge in [0.2, 0.25) is 0 Å². The van der Waals surface area contributed by atoms with E-state index in [-0.39, 0.29) is 0 Å². The normalized spacial score (nSPS) is 29.5. The molecular weight excluding hydrogens is 212 g/mol. The largest absolute Gasteiger partial charge is 0.371 e. The monoisotopic (exact) mass is 224 g/mol. The number of fused-ring (bicyclic) bond motifs is 2. The molecule has 1 aromatic heterocycles. The van der Waals surface area contributed by atoms with E-state index < -0.39 is 0 Å². The first kappa shape index (κ1) is 9.43. The van der Waals surface area contributed by atoms with Crippen molar-refractivity contribution in [2.24, 2.45) is 0 Å². The molecule has 3 heterocycles. The first-order valence-corrected chi connectivity index (χ1v) is 5.72. The van der Waals surface area contributed by atoms with Crippen molar-refractivity contribution in [3.8, 4) is 0 Å².